The molecule has 0 saturated heterocycles. The summed E-state index contributed by atoms with van der Waals surface area (Å²) >= 11 is 0. The molecular weight excluding hydrogens is 366 g/mol. The Morgan fingerprint density at radius 1 is 1.07 bits per heavy atom. The van der Waals surface area contributed by atoms with E-state index >= 15 is 0 Å². The number of nitrogens with one attached hydrogen (secondary N) is 1. The lowest BCUT2D eigenvalue weighted by Crippen LogP contribution is -2.31. The second-order valence-electron chi connectivity index (χ2n) is 6.87. The summed E-state index contributed by atoms with van der Waals surface area (Å²) in [6.07, 6.45) is 5.50. The number of aryl methyl sites for hydroxylation is 1. The minimum absolute atomic E-state index is 0.288. The number of fused-ring (bicyclic) bond motifs is 1. The van der Waals surface area contributed by atoms with E-state index in [1.165, 1.54) is 6.21 Å². The molecule has 6 heteroatoms. The molecule has 0 bridgehead atoms. The van der Waals surface area contributed by atoms with Crippen molar-refractivity contribution in [3.63, 3.8) is 0 Å². The van der Waals surface area contributed by atoms with Gasteiger partial charge in [-0.3, -0.25) is 9.59 Å². The average Bonchev–Trinajstić information content (AvgIpc) is 2.74. The molecule has 0 fully saturated rings. The van der Waals surface area contributed by atoms with E-state index in [0.29, 0.717) is 17.4 Å². The quantitative estimate of drug-likeness (QED) is 0.345. The van der Waals surface area contributed by atoms with E-state index < -0.39 is 11.5 Å². The summed E-state index contributed by atoms with van der Waals surface area (Å²) in [6.45, 7) is 2.62. The molecule has 2 N–H and O–H groups in total. The van der Waals surface area contributed by atoms with E-state index in [0.717, 1.165) is 31.2 Å². The lowest BCUT2D eigenvalue weighted by molar-refractivity contribution is 0.0950. The van der Waals surface area contributed by atoms with Gasteiger partial charge in [0.1, 0.15) is 11.3 Å². The van der Waals surface area contributed by atoms with Gasteiger partial charge < -0.3 is 9.67 Å². The minimum atomic E-state index is -0.729. The summed E-state index contributed by atoms with van der Waals surface area (Å²) in [5.41, 5.74) is 2.99. The molecule has 29 heavy (non-hydrogen) atoms. The molecule has 0 aliphatic carbocycles. The first-order chi connectivity index (χ1) is 14.1. The van der Waals surface area contributed by atoms with Crippen molar-refractivity contribution in [1.82, 2.24) is 9.99 Å². The summed E-state index contributed by atoms with van der Waals surface area (Å²) in [6, 6.07) is 16.3. The number of unbranched alkanes of at least 4 members (excludes halogenated alkanes) is 3. The number of amides is 1. The molecule has 0 aliphatic rings. The number of aromatic hydroxyl groups is 1. The molecule has 0 radical (unpaired) electrons. The van der Waals surface area contributed by atoms with Crippen molar-refractivity contribution in [3.05, 3.63) is 76.1 Å². The standard InChI is InChI=1S/C23H25N3O3/c1-2-3-4-10-15-26-19-14-9-8-13-18(19)21(27)20(23(26)29)22(28)25-24-16-17-11-6-5-7-12-17/h5-9,11-14,16,27H,2-4,10,15H2,1H3,(H,25,28)/b24-16+. The number of nitrogens with zero attached hydrogens (tertiary/aromatic N) is 2. The highest BCUT2D eigenvalue weighted by Crippen LogP contribution is 2.26. The monoisotopic (exact) mass is 391 g/mol. The van der Waals surface area contributed by atoms with Crippen LogP contribution in [0.4, 0.5) is 0 Å². The predicted octanol–water partition coefficient (Wildman–Crippen LogP) is 4.05. The summed E-state index contributed by atoms with van der Waals surface area (Å²) in [5, 5.41) is 15.0. The zero-order valence-electron chi connectivity index (χ0n) is 16.5. The normalized spacial score (nSPS) is 11.2. The van der Waals surface area contributed by atoms with Crippen LogP contribution < -0.4 is 11.0 Å². The Labute approximate surface area is 169 Å². The molecule has 6 nitrogen and oxygen atoms in total. The van der Waals surface area contributed by atoms with Crippen molar-refractivity contribution < 1.29 is 9.90 Å². The van der Waals surface area contributed by atoms with Crippen LogP contribution in [0.2, 0.25) is 0 Å². The van der Waals surface area contributed by atoms with Crippen molar-refractivity contribution in [2.45, 2.75) is 39.2 Å². The van der Waals surface area contributed by atoms with Crippen molar-refractivity contribution >= 4 is 23.0 Å². The fraction of sp³-hybridized carbons (Fsp3) is 0.261. The van der Waals surface area contributed by atoms with E-state index in [9.17, 15) is 14.7 Å². The van der Waals surface area contributed by atoms with Gasteiger partial charge in [0.05, 0.1) is 11.7 Å². The molecule has 0 spiro atoms. The Hall–Kier alpha value is -3.41. The SMILES string of the molecule is CCCCCCn1c(=O)c(C(=O)N/N=C/c2ccccc2)c(O)c2ccccc21. The maximum Gasteiger partial charge on any atom is 0.280 e. The van der Waals surface area contributed by atoms with Gasteiger partial charge in [0, 0.05) is 11.9 Å². The molecule has 1 amide bonds. The largest absolute Gasteiger partial charge is 0.506 e. The smallest absolute Gasteiger partial charge is 0.280 e. The Bertz CT molecular complexity index is 1070. The lowest BCUT2D eigenvalue weighted by atomic mass is 10.1. The van der Waals surface area contributed by atoms with Crippen LogP contribution in [0.15, 0.2) is 64.5 Å². The van der Waals surface area contributed by atoms with Crippen molar-refractivity contribution in [2.24, 2.45) is 5.10 Å². The summed E-state index contributed by atoms with van der Waals surface area (Å²) in [4.78, 5) is 25.7. The second kappa shape index (κ2) is 9.68. The summed E-state index contributed by atoms with van der Waals surface area (Å²) in [5.74, 6) is -1.05. The van der Waals surface area contributed by atoms with E-state index in [-0.39, 0.29) is 11.3 Å². The van der Waals surface area contributed by atoms with Gasteiger partial charge >= 0.3 is 0 Å². The number of aromatic nitrogens is 1. The van der Waals surface area contributed by atoms with Crippen LogP contribution in [0, 0.1) is 0 Å². The predicted molar refractivity (Wildman–Crippen MR) is 116 cm³/mol. The van der Waals surface area contributed by atoms with Gasteiger partial charge in [-0.05, 0) is 24.1 Å². The first kappa shape index (κ1) is 20.3. The molecule has 1 heterocycles. The Balaban J connectivity index is 1.93. The highest BCUT2D eigenvalue weighted by molar-refractivity contribution is 6.02. The Kier molecular flexibility index (Phi) is 6.79. The van der Waals surface area contributed by atoms with E-state index in [1.807, 2.05) is 36.4 Å². The highest BCUT2D eigenvalue weighted by atomic mass is 16.3. The zero-order chi connectivity index (χ0) is 20.6. The van der Waals surface area contributed by atoms with Crippen LogP contribution in [0.3, 0.4) is 0 Å². The summed E-state index contributed by atoms with van der Waals surface area (Å²) < 4.78 is 1.57. The van der Waals surface area contributed by atoms with Crippen molar-refractivity contribution in [2.75, 3.05) is 0 Å². The molecule has 3 aromatic rings. The summed E-state index contributed by atoms with van der Waals surface area (Å²) in [7, 11) is 0. The molecule has 0 unspecified atom stereocenters. The molecule has 0 atom stereocenters. The number of carbonyl (C=O) groups is 1. The third-order valence-electron chi connectivity index (χ3n) is 4.79. The molecule has 0 aliphatic heterocycles. The van der Waals surface area contributed by atoms with Crippen molar-refractivity contribution in [1.29, 1.82) is 0 Å². The number of hydrogen-bond donors (Lipinski definition) is 2. The molecule has 0 saturated carbocycles. The number of hydrazone groups is 1. The number of para-hydroxylation sites is 1. The molecule has 3 rings (SSSR count). The maximum atomic E-state index is 13.0. The molecule has 1 aromatic heterocycles. The van der Waals surface area contributed by atoms with Gasteiger partial charge in [-0.15, -0.1) is 0 Å². The van der Waals surface area contributed by atoms with E-state index in [4.69, 9.17) is 0 Å². The topological polar surface area (TPSA) is 83.7 Å². The van der Waals surface area contributed by atoms with Gasteiger partial charge in [-0.2, -0.15) is 5.10 Å². The van der Waals surface area contributed by atoms with E-state index in [1.54, 1.807) is 22.8 Å². The van der Waals surface area contributed by atoms with Crippen molar-refractivity contribution in [3.8, 4) is 5.75 Å². The van der Waals surface area contributed by atoms with Crippen LogP contribution in [0.1, 0.15) is 48.5 Å². The van der Waals surface area contributed by atoms with Gasteiger partial charge in [-0.1, -0.05) is 68.7 Å². The fourth-order valence-electron chi connectivity index (χ4n) is 3.27. The van der Waals surface area contributed by atoms with Crippen LogP contribution in [0.5, 0.6) is 5.75 Å². The Morgan fingerprint density at radius 3 is 2.55 bits per heavy atom. The third-order valence-corrected chi connectivity index (χ3v) is 4.79. The van der Waals surface area contributed by atoms with Crippen LogP contribution in [-0.4, -0.2) is 21.8 Å². The third kappa shape index (κ3) is 4.71. The zero-order valence-corrected chi connectivity index (χ0v) is 16.5. The fourth-order valence-corrected chi connectivity index (χ4v) is 3.27. The maximum absolute atomic E-state index is 13.0. The molecule has 150 valence electrons. The molecule has 2 aromatic carbocycles. The average molecular weight is 391 g/mol. The van der Waals surface area contributed by atoms with Gasteiger partial charge in [0.25, 0.3) is 11.5 Å². The van der Waals surface area contributed by atoms with Crippen LogP contribution >= 0.6 is 0 Å². The van der Waals surface area contributed by atoms with Gasteiger partial charge in [0.2, 0.25) is 0 Å². The van der Waals surface area contributed by atoms with Crippen LogP contribution in [-0.2, 0) is 6.54 Å². The molecular formula is C23H25N3O3. The number of carbonyl (C=O) groups excluding carboxylic acids is 1. The van der Waals surface area contributed by atoms with E-state index in [2.05, 4.69) is 17.5 Å². The van der Waals surface area contributed by atoms with Gasteiger partial charge in [-0.25, -0.2) is 5.43 Å². The van der Waals surface area contributed by atoms with Gasteiger partial charge in [0.15, 0.2) is 0 Å². The lowest BCUT2D eigenvalue weighted by Gasteiger charge is -2.14. The number of benzene rings is 2. The number of rotatable bonds is 8. The first-order valence-corrected chi connectivity index (χ1v) is 9.86. The highest BCUT2D eigenvalue weighted by Gasteiger charge is 2.21. The first-order valence-electron chi connectivity index (χ1n) is 9.86. The number of hydrogen-bond acceptors (Lipinski definition) is 4. The second-order valence-corrected chi connectivity index (χ2v) is 6.87. The number of pyridine rings is 1. The minimum Gasteiger partial charge on any atom is -0.506 e. The van der Waals surface area contributed by atoms with Crippen LogP contribution in [0.25, 0.3) is 10.9 Å². The Morgan fingerprint density at radius 2 is 1.79 bits per heavy atom.